The number of aromatic nitrogens is 1. The van der Waals surface area contributed by atoms with Crippen LogP contribution >= 0.6 is 38.9 Å². The van der Waals surface area contributed by atoms with Crippen LogP contribution in [-0.2, 0) is 9.53 Å². The van der Waals surface area contributed by atoms with Gasteiger partial charge in [0.05, 0.1) is 28.5 Å². The second kappa shape index (κ2) is 8.94. The molecule has 0 fully saturated rings. The van der Waals surface area contributed by atoms with Crippen LogP contribution in [0.25, 0.3) is 6.08 Å². The van der Waals surface area contributed by atoms with Gasteiger partial charge < -0.3 is 4.74 Å². The SMILES string of the molecule is CCOC(=O)C1=C(C)N=c2s/c(=C/c3ccccc3Cl)c(=O)n2[C@H]1c1ccc(Br)cc1. The van der Waals surface area contributed by atoms with E-state index in [0.29, 0.717) is 25.6 Å². The number of ether oxygens (including phenoxy) is 1. The van der Waals surface area contributed by atoms with Gasteiger partial charge in [-0.3, -0.25) is 9.36 Å². The van der Waals surface area contributed by atoms with Gasteiger partial charge in [-0.1, -0.05) is 69.2 Å². The monoisotopic (exact) mass is 516 g/mol. The van der Waals surface area contributed by atoms with Gasteiger partial charge in [0.15, 0.2) is 4.80 Å². The summed E-state index contributed by atoms with van der Waals surface area (Å²) in [6, 6.07) is 14.2. The Balaban J connectivity index is 1.97. The van der Waals surface area contributed by atoms with Crippen molar-refractivity contribution in [3.63, 3.8) is 0 Å². The third-order valence-corrected chi connectivity index (χ3v) is 6.75. The number of carbonyl (C=O) groups excluding carboxylic acids is 1. The van der Waals surface area contributed by atoms with Crippen LogP contribution in [0.5, 0.6) is 0 Å². The van der Waals surface area contributed by atoms with Gasteiger partial charge in [-0.25, -0.2) is 9.79 Å². The van der Waals surface area contributed by atoms with Crippen molar-refractivity contribution in [1.29, 1.82) is 0 Å². The van der Waals surface area contributed by atoms with E-state index in [2.05, 4.69) is 20.9 Å². The van der Waals surface area contributed by atoms with E-state index < -0.39 is 12.0 Å². The van der Waals surface area contributed by atoms with Crippen molar-refractivity contribution >= 4 is 50.9 Å². The lowest BCUT2D eigenvalue weighted by Crippen LogP contribution is -2.39. The molecule has 0 saturated heterocycles. The quantitative estimate of drug-likeness (QED) is 0.487. The first-order valence-corrected chi connectivity index (χ1v) is 11.6. The van der Waals surface area contributed by atoms with Gasteiger partial charge >= 0.3 is 5.97 Å². The molecule has 158 valence electrons. The summed E-state index contributed by atoms with van der Waals surface area (Å²) in [6.07, 6.45) is 1.76. The van der Waals surface area contributed by atoms with Gasteiger partial charge in [-0.2, -0.15) is 0 Å². The Bertz CT molecular complexity index is 1370. The van der Waals surface area contributed by atoms with Crippen LogP contribution in [0.1, 0.15) is 31.0 Å². The van der Waals surface area contributed by atoms with Gasteiger partial charge in [-0.15, -0.1) is 0 Å². The van der Waals surface area contributed by atoms with Crippen molar-refractivity contribution in [3.05, 3.63) is 100 Å². The van der Waals surface area contributed by atoms with E-state index in [1.165, 1.54) is 11.3 Å². The fourth-order valence-corrected chi connectivity index (χ4v) is 4.98. The molecular formula is C23H18BrClN2O3S. The standard InChI is InChI=1S/C23H18BrClN2O3S/c1-3-30-22(29)19-13(2)26-23-27(20(19)14-8-10-16(24)11-9-14)21(28)18(31-23)12-15-6-4-5-7-17(15)25/h4-12,20H,3H2,1-2H3/b18-12+/t20-/m0/s1. The minimum atomic E-state index is -0.628. The van der Waals surface area contributed by atoms with E-state index in [9.17, 15) is 9.59 Å². The molecule has 3 aromatic rings. The van der Waals surface area contributed by atoms with Crippen molar-refractivity contribution in [1.82, 2.24) is 4.57 Å². The number of halogens is 2. The Labute approximate surface area is 196 Å². The average molecular weight is 518 g/mol. The van der Waals surface area contributed by atoms with Gasteiger partial charge in [0.25, 0.3) is 5.56 Å². The van der Waals surface area contributed by atoms with Crippen LogP contribution in [-0.4, -0.2) is 17.1 Å². The lowest BCUT2D eigenvalue weighted by Gasteiger charge is -2.24. The molecule has 2 aromatic carbocycles. The highest BCUT2D eigenvalue weighted by atomic mass is 79.9. The van der Waals surface area contributed by atoms with Gasteiger partial charge in [0.1, 0.15) is 0 Å². The molecule has 0 radical (unpaired) electrons. The summed E-state index contributed by atoms with van der Waals surface area (Å²) in [5.74, 6) is -0.475. The molecule has 0 unspecified atom stereocenters. The van der Waals surface area contributed by atoms with Crippen molar-refractivity contribution in [2.75, 3.05) is 6.61 Å². The number of allylic oxidation sites excluding steroid dienone is 1. The fraction of sp³-hybridized carbons (Fsp3) is 0.174. The molecular weight excluding hydrogens is 500 g/mol. The highest BCUT2D eigenvalue weighted by molar-refractivity contribution is 9.10. The predicted molar refractivity (Wildman–Crippen MR) is 126 cm³/mol. The van der Waals surface area contributed by atoms with Crippen molar-refractivity contribution < 1.29 is 9.53 Å². The van der Waals surface area contributed by atoms with E-state index in [1.54, 1.807) is 30.6 Å². The molecule has 0 aliphatic carbocycles. The zero-order chi connectivity index (χ0) is 22.1. The number of fused-ring (bicyclic) bond motifs is 1. The summed E-state index contributed by atoms with van der Waals surface area (Å²) in [6.45, 7) is 3.75. The third-order valence-electron chi connectivity index (χ3n) is 4.89. The maximum absolute atomic E-state index is 13.5. The summed E-state index contributed by atoms with van der Waals surface area (Å²) in [5.41, 5.74) is 2.21. The number of esters is 1. The van der Waals surface area contributed by atoms with Crippen molar-refractivity contribution in [2.24, 2.45) is 4.99 Å². The highest BCUT2D eigenvalue weighted by Gasteiger charge is 2.33. The molecule has 4 rings (SSSR count). The molecule has 31 heavy (non-hydrogen) atoms. The maximum atomic E-state index is 13.5. The number of hydrogen-bond donors (Lipinski definition) is 0. The van der Waals surface area contributed by atoms with Crippen LogP contribution in [0.3, 0.4) is 0 Å². The average Bonchev–Trinajstić information content (AvgIpc) is 3.04. The fourth-order valence-electron chi connectivity index (χ4n) is 3.49. The number of rotatable bonds is 4. The second-order valence-corrected chi connectivity index (χ2v) is 9.21. The minimum Gasteiger partial charge on any atom is -0.463 e. The second-order valence-electron chi connectivity index (χ2n) is 6.88. The molecule has 1 aromatic heterocycles. The molecule has 1 atom stereocenters. The first-order valence-electron chi connectivity index (χ1n) is 9.60. The van der Waals surface area contributed by atoms with Crippen molar-refractivity contribution in [2.45, 2.75) is 19.9 Å². The van der Waals surface area contributed by atoms with Gasteiger partial charge in [0, 0.05) is 9.50 Å². The molecule has 0 saturated carbocycles. The zero-order valence-electron chi connectivity index (χ0n) is 16.8. The van der Waals surface area contributed by atoms with E-state index in [4.69, 9.17) is 16.3 Å². The predicted octanol–water partition coefficient (Wildman–Crippen LogP) is 4.21. The molecule has 0 amide bonds. The smallest absolute Gasteiger partial charge is 0.338 e. The Morgan fingerprint density at radius 2 is 1.97 bits per heavy atom. The lowest BCUT2D eigenvalue weighted by molar-refractivity contribution is -0.139. The Morgan fingerprint density at radius 3 is 2.65 bits per heavy atom. The number of hydrogen-bond acceptors (Lipinski definition) is 5. The molecule has 0 bridgehead atoms. The first-order chi connectivity index (χ1) is 14.9. The van der Waals surface area contributed by atoms with Gasteiger partial charge in [-0.05, 0) is 49.2 Å². The third kappa shape index (κ3) is 4.18. The number of nitrogens with zero attached hydrogens (tertiary/aromatic N) is 2. The minimum absolute atomic E-state index is 0.231. The zero-order valence-corrected chi connectivity index (χ0v) is 19.9. The Hall–Kier alpha value is -2.48. The summed E-state index contributed by atoms with van der Waals surface area (Å²) in [7, 11) is 0. The van der Waals surface area contributed by atoms with E-state index in [-0.39, 0.29) is 12.2 Å². The van der Waals surface area contributed by atoms with Gasteiger partial charge in [0.2, 0.25) is 0 Å². The summed E-state index contributed by atoms with van der Waals surface area (Å²) in [4.78, 5) is 31.4. The highest BCUT2D eigenvalue weighted by Crippen LogP contribution is 2.31. The molecule has 0 spiro atoms. The van der Waals surface area contributed by atoms with E-state index in [1.807, 2.05) is 42.5 Å². The summed E-state index contributed by atoms with van der Waals surface area (Å²) < 4.78 is 8.26. The lowest BCUT2D eigenvalue weighted by atomic mass is 9.96. The molecule has 0 N–H and O–H groups in total. The number of carbonyl (C=O) groups is 1. The van der Waals surface area contributed by atoms with Crippen LogP contribution in [0.4, 0.5) is 0 Å². The largest absolute Gasteiger partial charge is 0.463 e. The van der Waals surface area contributed by atoms with Crippen LogP contribution in [0.15, 0.2) is 74.1 Å². The molecule has 1 aliphatic rings. The maximum Gasteiger partial charge on any atom is 0.338 e. The normalized spacial score (nSPS) is 16.1. The molecule has 2 heterocycles. The van der Waals surface area contributed by atoms with Crippen LogP contribution in [0.2, 0.25) is 5.02 Å². The first kappa shape index (κ1) is 21.7. The summed E-state index contributed by atoms with van der Waals surface area (Å²) >= 11 is 11.0. The Morgan fingerprint density at radius 1 is 1.26 bits per heavy atom. The molecule has 1 aliphatic heterocycles. The van der Waals surface area contributed by atoms with Crippen LogP contribution < -0.4 is 14.9 Å². The van der Waals surface area contributed by atoms with Crippen LogP contribution in [0, 0.1) is 0 Å². The number of benzene rings is 2. The van der Waals surface area contributed by atoms with Crippen molar-refractivity contribution in [3.8, 4) is 0 Å². The Kier molecular flexibility index (Phi) is 6.27. The topological polar surface area (TPSA) is 60.7 Å². The summed E-state index contributed by atoms with van der Waals surface area (Å²) in [5, 5.41) is 0.557. The molecule has 8 heteroatoms. The molecule has 5 nitrogen and oxygen atoms in total. The van der Waals surface area contributed by atoms with E-state index >= 15 is 0 Å². The number of thiazole rings is 1. The van der Waals surface area contributed by atoms with E-state index in [0.717, 1.165) is 15.6 Å².